The lowest BCUT2D eigenvalue weighted by molar-refractivity contribution is -0.113. The number of halogens is 1. The lowest BCUT2D eigenvalue weighted by Crippen LogP contribution is -2.15. The van der Waals surface area contributed by atoms with Crippen molar-refractivity contribution in [3.63, 3.8) is 0 Å². The summed E-state index contributed by atoms with van der Waals surface area (Å²) in [6.07, 6.45) is 0. The number of benzene rings is 2. The monoisotopic (exact) mass is 443 g/mol. The Balaban J connectivity index is 1.61. The third-order valence-corrected chi connectivity index (χ3v) is 5.94. The predicted molar refractivity (Wildman–Crippen MR) is 124 cm³/mol. The Labute approximate surface area is 186 Å². The van der Waals surface area contributed by atoms with Crippen molar-refractivity contribution in [3.8, 4) is 0 Å². The van der Waals surface area contributed by atoms with Crippen molar-refractivity contribution in [2.75, 3.05) is 16.4 Å². The molecule has 0 radical (unpaired) electrons. The lowest BCUT2D eigenvalue weighted by Gasteiger charge is -2.12. The Morgan fingerprint density at radius 2 is 1.87 bits per heavy atom. The van der Waals surface area contributed by atoms with Crippen molar-refractivity contribution in [1.82, 2.24) is 14.8 Å². The number of hydrogen-bond donors (Lipinski definition) is 2. The van der Waals surface area contributed by atoms with E-state index < -0.39 is 0 Å². The maximum absolute atomic E-state index is 12.4. The summed E-state index contributed by atoms with van der Waals surface area (Å²) in [5.41, 5.74) is 5.20. The van der Waals surface area contributed by atoms with E-state index in [2.05, 4.69) is 52.9 Å². The van der Waals surface area contributed by atoms with E-state index in [9.17, 15) is 4.79 Å². The smallest absolute Gasteiger partial charge is 0.234 e. The van der Waals surface area contributed by atoms with Gasteiger partial charge in [0.05, 0.1) is 12.3 Å². The van der Waals surface area contributed by atoms with E-state index in [-0.39, 0.29) is 11.7 Å². The van der Waals surface area contributed by atoms with Crippen molar-refractivity contribution in [2.45, 2.75) is 45.9 Å². The number of nitrogens with one attached hydrogen (secondary N) is 2. The normalized spacial score (nSPS) is 10.8. The molecule has 6 nitrogen and oxygen atoms in total. The zero-order chi connectivity index (χ0) is 21.7. The van der Waals surface area contributed by atoms with Crippen LogP contribution in [0.15, 0.2) is 41.6 Å². The molecule has 1 heterocycles. The van der Waals surface area contributed by atoms with Gasteiger partial charge in [0.15, 0.2) is 11.0 Å². The van der Waals surface area contributed by atoms with E-state index in [1.165, 1.54) is 22.9 Å². The molecule has 0 saturated heterocycles. The van der Waals surface area contributed by atoms with E-state index in [1.54, 1.807) is 12.1 Å². The van der Waals surface area contributed by atoms with Gasteiger partial charge in [0.25, 0.3) is 0 Å². The number of amides is 1. The summed E-state index contributed by atoms with van der Waals surface area (Å²) in [6, 6.07) is 11.8. The summed E-state index contributed by atoms with van der Waals surface area (Å²) in [4.78, 5) is 12.4. The van der Waals surface area contributed by atoms with Gasteiger partial charge in [0.2, 0.25) is 5.91 Å². The average molecular weight is 444 g/mol. The minimum absolute atomic E-state index is 0.106. The highest BCUT2D eigenvalue weighted by atomic mass is 35.5. The maximum atomic E-state index is 12.4. The van der Waals surface area contributed by atoms with Gasteiger partial charge < -0.3 is 15.2 Å². The molecule has 0 aliphatic heterocycles. The number of thioether (sulfide) groups is 1. The Bertz CT molecular complexity index is 1050. The quantitative estimate of drug-likeness (QED) is 0.467. The highest BCUT2D eigenvalue weighted by Crippen LogP contribution is 2.22. The highest BCUT2D eigenvalue weighted by molar-refractivity contribution is 7.99. The average Bonchev–Trinajstić information content (AvgIpc) is 3.10. The number of rotatable bonds is 8. The van der Waals surface area contributed by atoms with Crippen LogP contribution in [0.25, 0.3) is 0 Å². The molecule has 1 aromatic heterocycles. The SMILES string of the molecule is CCn1c(CNc2ccc(C)cc2C)nnc1SCC(=O)Nc1cc(Cl)ccc1C. The van der Waals surface area contributed by atoms with E-state index >= 15 is 0 Å². The van der Waals surface area contributed by atoms with E-state index in [0.29, 0.717) is 11.6 Å². The van der Waals surface area contributed by atoms with Gasteiger partial charge in [0.1, 0.15) is 0 Å². The van der Waals surface area contributed by atoms with E-state index in [4.69, 9.17) is 11.6 Å². The summed E-state index contributed by atoms with van der Waals surface area (Å²) < 4.78 is 2.03. The van der Waals surface area contributed by atoms with Gasteiger partial charge >= 0.3 is 0 Å². The highest BCUT2D eigenvalue weighted by Gasteiger charge is 2.14. The third-order valence-electron chi connectivity index (χ3n) is 4.73. The fourth-order valence-corrected chi connectivity index (χ4v) is 4.10. The molecular weight excluding hydrogens is 418 g/mol. The van der Waals surface area contributed by atoms with Crippen LogP contribution in [0.3, 0.4) is 0 Å². The molecule has 158 valence electrons. The fourth-order valence-electron chi connectivity index (χ4n) is 3.11. The first-order valence-electron chi connectivity index (χ1n) is 9.79. The molecule has 0 saturated carbocycles. The van der Waals surface area contributed by atoms with Gasteiger partial charge in [-0.05, 0) is 57.0 Å². The largest absolute Gasteiger partial charge is 0.378 e. The number of nitrogens with zero attached hydrogens (tertiary/aromatic N) is 3. The molecule has 1 amide bonds. The Hall–Kier alpha value is -2.51. The van der Waals surface area contributed by atoms with Crippen LogP contribution in [0.5, 0.6) is 0 Å². The van der Waals surface area contributed by atoms with Crippen LogP contribution in [0.2, 0.25) is 5.02 Å². The van der Waals surface area contributed by atoms with Crippen LogP contribution in [0.1, 0.15) is 29.4 Å². The number of hydrogen-bond acceptors (Lipinski definition) is 5. The van der Waals surface area contributed by atoms with Crippen molar-refractivity contribution in [1.29, 1.82) is 0 Å². The first-order chi connectivity index (χ1) is 14.4. The molecule has 2 aromatic carbocycles. The number of carbonyl (C=O) groups excluding carboxylic acids is 1. The molecule has 3 aromatic rings. The lowest BCUT2D eigenvalue weighted by atomic mass is 10.1. The zero-order valence-electron chi connectivity index (χ0n) is 17.6. The summed E-state index contributed by atoms with van der Waals surface area (Å²) in [5, 5.41) is 16.3. The van der Waals surface area contributed by atoms with Gasteiger partial charge in [-0.25, -0.2) is 0 Å². The molecule has 0 aliphatic carbocycles. The second-order valence-corrected chi connectivity index (χ2v) is 8.49. The summed E-state index contributed by atoms with van der Waals surface area (Å²) >= 11 is 7.40. The topological polar surface area (TPSA) is 71.8 Å². The van der Waals surface area contributed by atoms with Crippen molar-refractivity contribution < 1.29 is 4.79 Å². The summed E-state index contributed by atoms with van der Waals surface area (Å²) in [7, 11) is 0. The van der Waals surface area contributed by atoms with Gasteiger partial charge in [-0.2, -0.15) is 0 Å². The standard InChI is InChI=1S/C22H26ClN5OS/c1-5-28-20(12-24-18-9-6-14(2)10-16(18)4)26-27-22(28)30-13-21(29)25-19-11-17(23)8-7-15(19)3/h6-11,24H,5,12-13H2,1-4H3,(H,25,29). The second-order valence-electron chi connectivity index (χ2n) is 7.11. The number of anilines is 2. The zero-order valence-corrected chi connectivity index (χ0v) is 19.2. The Morgan fingerprint density at radius 3 is 2.60 bits per heavy atom. The Morgan fingerprint density at radius 1 is 1.07 bits per heavy atom. The van der Waals surface area contributed by atoms with Crippen LogP contribution in [0.4, 0.5) is 11.4 Å². The number of aryl methyl sites for hydroxylation is 3. The molecule has 0 unspecified atom stereocenters. The molecule has 0 bridgehead atoms. The minimum atomic E-state index is -0.106. The van der Waals surface area contributed by atoms with Gasteiger partial charge in [0, 0.05) is 22.9 Å². The number of carbonyl (C=O) groups is 1. The fraction of sp³-hybridized carbons (Fsp3) is 0.318. The summed E-state index contributed by atoms with van der Waals surface area (Å²) in [5.74, 6) is 0.978. The molecule has 0 aliphatic rings. The molecular formula is C22H26ClN5OS. The Kier molecular flexibility index (Phi) is 7.39. The van der Waals surface area contributed by atoms with E-state index in [1.807, 2.05) is 24.5 Å². The minimum Gasteiger partial charge on any atom is -0.378 e. The predicted octanol–water partition coefficient (Wildman–Crippen LogP) is 5.22. The molecule has 8 heteroatoms. The van der Waals surface area contributed by atoms with Crippen LogP contribution in [-0.4, -0.2) is 26.4 Å². The third kappa shape index (κ3) is 5.55. The van der Waals surface area contributed by atoms with Crippen LogP contribution in [-0.2, 0) is 17.9 Å². The first kappa shape index (κ1) is 22.2. The molecule has 0 fully saturated rings. The van der Waals surface area contributed by atoms with Crippen molar-refractivity contribution in [3.05, 3.63) is 63.9 Å². The second kappa shape index (κ2) is 10.00. The maximum Gasteiger partial charge on any atom is 0.234 e. The van der Waals surface area contributed by atoms with Crippen molar-refractivity contribution >= 4 is 40.6 Å². The molecule has 0 spiro atoms. The van der Waals surface area contributed by atoms with Gasteiger partial charge in [-0.1, -0.05) is 47.1 Å². The van der Waals surface area contributed by atoms with Crippen LogP contribution >= 0.6 is 23.4 Å². The molecule has 2 N–H and O–H groups in total. The van der Waals surface area contributed by atoms with Gasteiger partial charge in [-0.3, -0.25) is 4.79 Å². The molecule has 30 heavy (non-hydrogen) atoms. The van der Waals surface area contributed by atoms with Crippen molar-refractivity contribution in [2.24, 2.45) is 0 Å². The first-order valence-corrected chi connectivity index (χ1v) is 11.2. The van der Waals surface area contributed by atoms with Crippen LogP contribution in [0, 0.1) is 20.8 Å². The van der Waals surface area contributed by atoms with Gasteiger partial charge in [-0.15, -0.1) is 10.2 Å². The van der Waals surface area contributed by atoms with Crippen LogP contribution < -0.4 is 10.6 Å². The number of aromatic nitrogens is 3. The summed E-state index contributed by atoms with van der Waals surface area (Å²) in [6.45, 7) is 9.44. The molecule has 0 atom stereocenters. The van der Waals surface area contributed by atoms with E-state index in [0.717, 1.165) is 34.5 Å². The molecule has 3 rings (SSSR count).